The van der Waals surface area contributed by atoms with Gasteiger partial charge in [0.25, 0.3) is 0 Å². The molecule has 0 saturated carbocycles. The summed E-state index contributed by atoms with van der Waals surface area (Å²) in [6.07, 6.45) is 2.60. The van der Waals surface area contributed by atoms with E-state index in [2.05, 4.69) is 11.9 Å². The van der Waals surface area contributed by atoms with Crippen LogP contribution in [0.3, 0.4) is 0 Å². The molecule has 1 atom stereocenters. The average molecular weight is 743 g/mol. The molecule has 0 spiro atoms. The lowest BCUT2D eigenvalue weighted by Gasteiger charge is -2.20. The topological polar surface area (TPSA) is 126 Å². The van der Waals surface area contributed by atoms with Crippen molar-refractivity contribution in [3.05, 3.63) is 151 Å². The minimum atomic E-state index is -0.661. The van der Waals surface area contributed by atoms with Crippen LogP contribution >= 0.6 is 11.6 Å². The molecule has 6 rings (SSSR count). The molecule has 0 aliphatic carbocycles. The van der Waals surface area contributed by atoms with Crippen LogP contribution < -0.4 is 20.9 Å². The van der Waals surface area contributed by atoms with Crippen LogP contribution in [0.1, 0.15) is 35.2 Å². The van der Waals surface area contributed by atoms with Gasteiger partial charge in [-0.25, -0.2) is 4.79 Å². The fraction of sp³-hybridized carbons (Fsp3) is 0.178. The Morgan fingerprint density at radius 2 is 1.37 bits per heavy atom. The van der Waals surface area contributed by atoms with Gasteiger partial charge in [-0.3, -0.25) is 9.59 Å². The first-order valence-electron chi connectivity index (χ1n) is 17.5. The van der Waals surface area contributed by atoms with E-state index in [4.69, 9.17) is 25.8 Å². The van der Waals surface area contributed by atoms with E-state index in [1.807, 2.05) is 103 Å². The number of hydrogen-bond donors (Lipinski definition) is 2. The van der Waals surface area contributed by atoms with E-state index in [1.165, 1.54) is 0 Å². The van der Waals surface area contributed by atoms with Crippen LogP contribution in [0.2, 0.25) is 0 Å². The zero-order chi connectivity index (χ0) is 37.0. The van der Waals surface area contributed by atoms with Crippen LogP contribution in [0.5, 0.6) is 11.5 Å². The van der Waals surface area contributed by atoms with Crippen molar-refractivity contribution >= 4 is 56.5 Å². The first kappa shape index (κ1) is 39.3. The Hall–Kier alpha value is -5.96. The van der Waals surface area contributed by atoms with Crippen molar-refractivity contribution in [2.75, 3.05) is 24.4 Å². The van der Waals surface area contributed by atoms with E-state index >= 15 is 0 Å². The van der Waals surface area contributed by atoms with Crippen molar-refractivity contribution in [3.8, 4) is 22.6 Å². The second kappa shape index (κ2) is 19.2. The SMILES string of the molecule is C=CCOc1ccc2ccccc2c1-c1c(OCC(=O)C[C@H](CCCCl)C(=O)Nc2cccc(C(=O)OCc3ccccc3)c2)ccc2ccccc12.N. The average Bonchev–Trinajstić information content (AvgIpc) is 3.20. The Morgan fingerprint density at radius 3 is 2.02 bits per heavy atom. The van der Waals surface area contributed by atoms with Crippen molar-refractivity contribution in [1.29, 1.82) is 0 Å². The normalized spacial score (nSPS) is 11.3. The van der Waals surface area contributed by atoms with E-state index < -0.39 is 11.9 Å². The Bertz CT molecular complexity index is 2240. The second-order valence-corrected chi connectivity index (χ2v) is 13.0. The molecule has 0 aromatic heterocycles. The van der Waals surface area contributed by atoms with Crippen LogP contribution in [0.15, 0.2) is 140 Å². The van der Waals surface area contributed by atoms with Crippen LogP contribution in [-0.2, 0) is 20.9 Å². The molecule has 8 nitrogen and oxygen atoms in total. The molecular formula is C45H43ClN2O6. The Morgan fingerprint density at radius 1 is 0.741 bits per heavy atom. The third kappa shape index (κ3) is 9.72. The van der Waals surface area contributed by atoms with Crippen molar-refractivity contribution < 1.29 is 28.6 Å². The number of ketones is 1. The number of amides is 1. The Labute approximate surface area is 320 Å². The largest absolute Gasteiger partial charge is 0.489 e. The molecule has 276 valence electrons. The van der Waals surface area contributed by atoms with Crippen LogP contribution in [0.25, 0.3) is 32.7 Å². The third-order valence-corrected chi connectivity index (χ3v) is 9.15. The summed E-state index contributed by atoms with van der Waals surface area (Å²) in [6, 6.07) is 39.8. The summed E-state index contributed by atoms with van der Waals surface area (Å²) in [5, 5.41) is 6.86. The molecule has 6 aromatic carbocycles. The zero-order valence-corrected chi connectivity index (χ0v) is 30.7. The molecule has 0 heterocycles. The van der Waals surface area contributed by atoms with Gasteiger partial charge in [0.1, 0.15) is 31.3 Å². The number of alkyl halides is 1. The molecule has 6 aromatic rings. The van der Waals surface area contributed by atoms with Crippen molar-refractivity contribution in [1.82, 2.24) is 6.15 Å². The van der Waals surface area contributed by atoms with Crippen LogP contribution in [0.4, 0.5) is 5.69 Å². The second-order valence-electron chi connectivity index (χ2n) is 12.6. The number of Topliss-reactive ketones (excluding diaryl/α,β-unsaturated/α-hetero) is 1. The number of carbonyl (C=O) groups is 3. The highest BCUT2D eigenvalue weighted by molar-refractivity contribution is 6.17. The van der Waals surface area contributed by atoms with Gasteiger partial charge in [-0.05, 0) is 70.3 Å². The van der Waals surface area contributed by atoms with Gasteiger partial charge in [-0.1, -0.05) is 110 Å². The molecule has 0 aliphatic rings. The van der Waals surface area contributed by atoms with Gasteiger partial charge >= 0.3 is 5.97 Å². The lowest BCUT2D eigenvalue weighted by molar-refractivity contribution is -0.127. The molecule has 4 N–H and O–H groups in total. The molecule has 1 amide bonds. The number of hydrogen-bond acceptors (Lipinski definition) is 7. The molecule has 0 fully saturated rings. The quantitative estimate of drug-likeness (QED) is 0.0541. The number of fused-ring (bicyclic) bond motifs is 2. The molecule has 0 aliphatic heterocycles. The molecule has 0 unspecified atom stereocenters. The van der Waals surface area contributed by atoms with E-state index in [0.717, 1.165) is 38.2 Å². The number of benzene rings is 6. The van der Waals surface area contributed by atoms with Crippen molar-refractivity contribution in [2.24, 2.45) is 5.92 Å². The molecule has 0 saturated heterocycles. The van der Waals surface area contributed by atoms with E-state index in [-0.39, 0.29) is 37.5 Å². The fourth-order valence-electron chi connectivity index (χ4n) is 6.32. The van der Waals surface area contributed by atoms with Crippen LogP contribution in [-0.4, -0.2) is 36.8 Å². The number of carbonyl (C=O) groups excluding carboxylic acids is 3. The van der Waals surface area contributed by atoms with E-state index in [9.17, 15) is 14.4 Å². The Kier molecular flexibility index (Phi) is 14.0. The first-order chi connectivity index (χ1) is 25.9. The Balaban J connectivity index is 0.00000561. The van der Waals surface area contributed by atoms with Gasteiger partial charge < -0.3 is 25.7 Å². The maximum atomic E-state index is 13.6. The molecule has 0 bridgehead atoms. The summed E-state index contributed by atoms with van der Waals surface area (Å²) in [5.41, 5.74) is 3.26. The summed E-state index contributed by atoms with van der Waals surface area (Å²) >= 11 is 6.02. The van der Waals surface area contributed by atoms with Gasteiger partial charge in [0.05, 0.1) is 5.56 Å². The summed E-state index contributed by atoms with van der Waals surface area (Å²) in [5.74, 6) is -0.211. The lowest BCUT2D eigenvalue weighted by atomic mass is 9.92. The van der Waals surface area contributed by atoms with Crippen molar-refractivity contribution in [2.45, 2.75) is 25.9 Å². The number of esters is 1. The lowest BCUT2D eigenvalue weighted by Crippen LogP contribution is -2.27. The van der Waals surface area contributed by atoms with Gasteiger partial charge in [0, 0.05) is 35.0 Å². The number of anilines is 1. The van der Waals surface area contributed by atoms with Gasteiger partial charge in [-0.2, -0.15) is 0 Å². The number of ether oxygens (including phenoxy) is 3. The molecular weight excluding hydrogens is 700 g/mol. The summed E-state index contributed by atoms with van der Waals surface area (Å²) < 4.78 is 18.0. The monoisotopic (exact) mass is 742 g/mol. The van der Waals surface area contributed by atoms with Crippen molar-refractivity contribution in [3.63, 3.8) is 0 Å². The first-order valence-corrected chi connectivity index (χ1v) is 18.1. The van der Waals surface area contributed by atoms with Crippen LogP contribution in [0, 0.1) is 5.92 Å². The standard InChI is InChI=1S/C45H40ClNO6.H3N/c1-2-26-51-40-23-21-32-14-6-8-19-38(32)42(40)43-39-20-9-7-15-33(39)22-24-41(43)52-30-37(48)28-34(17-11-25-46)44(49)47-36-18-10-16-35(27-36)45(50)53-29-31-12-4-3-5-13-31;/h2-10,12-16,18-24,27,34H,1,11,17,25-26,28-30H2,(H,47,49);1H3/t34-;/m0./s1. The number of nitrogens with one attached hydrogen (secondary N) is 1. The summed E-state index contributed by atoms with van der Waals surface area (Å²) in [7, 11) is 0. The minimum absolute atomic E-state index is 0. The highest BCUT2D eigenvalue weighted by Crippen LogP contribution is 2.45. The smallest absolute Gasteiger partial charge is 0.338 e. The molecule has 54 heavy (non-hydrogen) atoms. The third-order valence-electron chi connectivity index (χ3n) is 8.89. The molecule has 9 heteroatoms. The number of halogens is 1. The predicted octanol–water partition coefficient (Wildman–Crippen LogP) is 10.4. The van der Waals surface area contributed by atoms with Gasteiger partial charge in [0.2, 0.25) is 5.91 Å². The minimum Gasteiger partial charge on any atom is -0.489 e. The maximum absolute atomic E-state index is 13.6. The predicted molar refractivity (Wildman–Crippen MR) is 217 cm³/mol. The fourth-order valence-corrected chi connectivity index (χ4v) is 6.48. The summed E-state index contributed by atoms with van der Waals surface area (Å²) in [6.45, 7) is 4.03. The zero-order valence-electron chi connectivity index (χ0n) is 30.0. The maximum Gasteiger partial charge on any atom is 0.338 e. The van der Waals surface area contributed by atoms with Gasteiger partial charge in [0.15, 0.2) is 5.78 Å². The highest BCUT2D eigenvalue weighted by Gasteiger charge is 2.24. The molecule has 0 radical (unpaired) electrons. The van der Waals surface area contributed by atoms with E-state index in [0.29, 0.717) is 48.1 Å². The van der Waals surface area contributed by atoms with Gasteiger partial charge in [-0.15, -0.1) is 11.6 Å². The van der Waals surface area contributed by atoms with E-state index in [1.54, 1.807) is 30.3 Å². The number of rotatable bonds is 17. The summed E-state index contributed by atoms with van der Waals surface area (Å²) in [4.78, 5) is 39.9. The highest BCUT2D eigenvalue weighted by atomic mass is 35.5.